The zero-order valence-electron chi connectivity index (χ0n) is 26.6. The molecule has 8 heteroatoms. The van der Waals surface area contributed by atoms with Crippen molar-refractivity contribution < 1.29 is 36.2 Å². The highest BCUT2D eigenvalue weighted by molar-refractivity contribution is 5.30. The molecule has 2 aliphatic carbocycles. The first-order valence-electron chi connectivity index (χ1n) is 17.2. The van der Waals surface area contributed by atoms with E-state index in [1.54, 1.807) is 6.07 Å². The van der Waals surface area contributed by atoms with Gasteiger partial charge in [-0.05, 0) is 92.4 Å². The van der Waals surface area contributed by atoms with Crippen LogP contribution in [0.3, 0.4) is 0 Å². The summed E-state index contributed by atoms with van der Waals surface area (Å²) in [6.07, 6.45) is 7.76. The number of rotatable bonds is 13. The molecule has 1 saturated heterocycles. The molecule has 0 atom stereocenters. The summed E-state index contributed by atoms with van der Waals surface area (Å²) in [7, 11) is 0. The van der Waals surface area contributed by atoms with Gasteiger partial charge in [-0.3, -0.25) is 4.39 Å². The molecule has 250 valence electrons. The predicted molar refractivity (Wildman–Crippen MR) is 165 cm³/mol. The Bertz CT molecular complexity index is 1200. The zero-order valence-corrected chi connectivity index (χ0v) is 26.6. The van der Waals surface area contributed by atoms with Crippen LogP contribution in [-0.4, -0.2) is 26.0 Å². The van der Waals surface area contributed by atoms with Crippen molar-refractivity contribution in [2.24, 2.45) is 23.7 Å². The van der Waals surface area contributed by atoms with Crippen molar-refractivity contribution in [3.63, 3.8) is 0 Å². The van der Waals surface area contributed by atoms with Gasteiger partial charge in [-0.25, -0.2) is 8.78 Å². The van der Waals surface area contributed by atoms with Crippen LogP contribution in [0, 0.1) is 35.3 Å². The standard InChI is InChI=1S/C37H49F5O3/c1-2-3-4-6-25-8-10-26(11-9-25)30-23-43-36(44-24-30)29-15-19-33(35(40)21-29)27-12-16-31(17-13-27)37(41,42)45-32-18-14-28(7-5-20-38)34(39)22-32/h14-15,18-19,21-22,25-27,30-31,36H,2-13,16-17,20,23-24H2,1H3. The van der Waals surface area contributed by atoms with Crippen molar-refractivity contribution in [1.82, 2.24) is 0 Å². The minimum atomic E-state index is -3.48. The van der Waals surface area contributed by atoms with Crippen molar-refractivity contribution in [3.05, 3.63) is 64.7 Å². The molecule has 0 spiro atoms. The number of alkyl halides is 3. The maximum atomic E-state index is 15.3. The van der Waals surface area contributed by atoms with E-state index < -0.39 is 30.8 Å². The molecule has 0 aromatic heterocycles. The van der Waals surface area contributed by atoms with Gasteiger partial charge in [0.05, 0.1) is 25.8 Å². The lowest BCUT2D eigenvalue weighted by Gasteiger charge is -2.38. The summed E-state index contributed by atoms with van der Waals surface area (Å²) in [5.74, 6) is -0.663. The highest BCUT2D eigenvalue weighted by atomic mass is 19.3. The molecule has 3 aliphatic rings. The van der Waals surface area contributed by atoms with Gasteiger partial charge in [0, 0.05) is 17.5 Å². The Kier molecular flexibility index (Phi) is 12.2. The molecular formula is C37H49F5O3. The molecular weight excluding hydrogens is 587 g/mol. The Labute approximate surface area is 265 Å². The molecule has 2 aromatic carbocycles. The molecule has 2 saturated carbocycles. The molecule has 2 aromatic rings. The van der Waals surface area contributed by atoms with Crippen LogP contribution in [-0.2, 0) is 15.9 Å². The number of benzene rings is 2. The van der Waals surface area contributed by atoms with Crippen LogP contribution in [0.2, 0.25) is 0 Å². The van der Waals surface area contributed by atoms with Crippen LogP contribution in [0.1, 0.15) is 119 Å². The monoisotopic (exact) mass is 636 g/mol. The van der Waals surface area contributed by atoms with Crippen molar-refractivity contribution in [2.45, 2.75) is 115 Å². The summed E-state index contributed by atoms with van der Waals surface area (Å²) >= 11 is 0. The van der Waals surface area contributed by atoms with Crippen LogP contribution in [0.15, 0.2) is 36.4 Å². The second-order valence-electron chi connectivity index (χ2n) is 13.6. The van der Waals surface area contributed by atoms with Crippen LogP contribution >= 0.6 is 0 Å². The summed E-state index contributed by atoms with van der Waals surface area (Å²) < 4.78 is 89.2. The van der Waals surface area contributed by atoms with Crippen LogP contribution < -0.4 is 4.74 Å². The summed E-state index contributed by atoms with van der Waals surface area (Å²) in [6, 6.07) is 8.65. The molecule has 0 N–H and O–H groups in total. The highest BCUT2D eigenvalue weighted by Gasteiger charge is 2.44. The highest BCUT2D eigenvalue weighted by Crippen LogP contribution is 2.44. The van der Waals surface area contributed by atoms with E-state index in [1.807, 2.05) is 6.07 Å². The third kappa shape index (κ3) is 9.00. The molecule has 1 heterocycles. The first-order valence-corrected chi connectivity index (χ1v) is 17.2. The number of ether oxygens (including phenoxy) is 3. The van der Waals surface area contributed by atoms with E-state index >= 15 is 13.2 Å². The fourth-order valence-corrected chi connectivity index (χ4v) is 7.67. The number of hydrogen-bond acceptors (Lipinski definition) is 3. The molecule has 1 aliphatic heterocycles. The topological polar surface area (TPSA) is 27.7 Å². The summed E-state index contributed by atoms with van der Waals surface area (Å²) in [5, 5.41) is 0. The van der Waals surface area contributed by atoms with Gasteiger partial charge in [0.25, 0.3) is 0 Å². The smallest absolute Gasteiger partial charge is 0.400 e. The molecule has 0 radical (unpaired) electrons. The first kappa shape index (κ1) is 34.2. The normalized spacial score (nSPS) is 27.8. The van der Waals surface area contributed by atoms with E-state index in [9.17, 15) is 8.78 Å². The molecule has 0 amide bonds. The molecule has 3 nitrogen and oxygen atoms in total. The van der Waals surface area contributed by atoms with Gasteiger partial charge in [-0.15, -0.1) is 0 Å². The van der Waals surface area contributed by atoms with Crippen molar-refractivity contribution in [3.8, 4) is 5.75 Å². The van der Waals surface area contributed by atoms with Crippen molar-refractivity contribution in [1.29, 1.82) is 0 Å². The third-order valence-electron chi connectivity index (χ3n) is 10.5. The summed E-state index contributed by atoms with van der Waals surface area (Å²) in [4.78, 5) is 0. The molecule has 5 rings (SSSR count). The molecule has 0 unspecified atom stereocenters. The van der Waals surface area contributed by atoms with Gasteiger partial charge < -0.3 is 14.2 Å². The quantitative estimate of drug-likeness (QED) is 0.162. The van der Waals surface area contributed by atoms with Gasteiger partial charge in [-0.1, -0.05) is 63.6 Å². The Hall–Kier alpha value is -2.19. The summed E-state index contributed by atoms with van der Waals surface area (Å²) in [6.45, 7) is 2.92. The van der Waals surface area contributed by atoms with Gasteiger partial charge in [0.1, 0.15) is 17.4 Å². The Morgan fingerprint density at radius 3 is 2.18 bits per heavy atom. The zero-order chi connectivity index (χ0) is 31.8. The molecule has 45 heavy (non-hydrogen) atoms. The van der Waals surface area contributed by atoms with Crippen LogP contribution in [0.25, 0.3) is 0 Å². The summed E-state index contributed by atoms with van der Waals surface area (Å²) in [5.41, 5.74) is 1.44. The predicted octanol–water partition coefficient (Wildman–Crippen LogP) is 10.9. The lowest BCUT2D eigenvalue weighted by Crippen LogP contribution is -2.37. The minimum Gasteiger partial charge on any atom is -0.432 e. The molecule has 0 bridgehead atoms. The maximum absolute atomic E-state index is 15.3. The molecule has 3 fully saturated rings. The third-order valence-corrected chi connectivity index (χ3v) is 10.5. The van der Waals surface area contributed by atoms with Gasteiger partial charge >= 0.3 is 6.11 Å². The average molecular weight is 637 g/mol. The number of hydrogen-bond donors (Lipinski definition) is 0. The van der Waals surface area contributed by atoms with Crippen LogP contribution in [0.4, 0.5) is 22.0 Å². The van der Waals surface area contributed by atoms with Crippen molar-refractivity contribution >= 4 is 0 Å². The van der Waals surface area contributed by atoms with E-state index in [1.165, 1.54) is 69.6 Å². The van der Waals surface area contributed by atoms with Crippen LogP contribution in [0.5, 0.6) is 5.75 Å². The van der Waals surface area contributed by atoms with E-state index in [0.717, 1.165) is 12.0 Å². The first-order chi connectivity index (χ1) is 21.8. The minimum absolute atomic E-state index is 0.160. The Balaban J connectivity index is 1.08. The SMILES string of the molecule is CCCCCC1CCC(C2COC(c3ccc(C4CCC(C(F)(F)Oc5ccc(CCCF)c(F)c5)CC4)c(F)c3)OC2)CC1. The van der Waals surface area contributed by atoms with Gasteiger partial charge in [-0.2, -0.15) is 8.78 Å². The Morgan fingerprint density at radius 1 is 0.800 bits per heavy atom. The second kappa shape index (κ2) is 16.1. The van der Waals surface area contributed by atoms with Gasteiger partial charge in [0.15, 0.2) is 6.29 Å². The second-order valence-corrected chi connectivity index (χ2v) is 13.6. The van der Waals surface area contributed by atoms with E-state index in [0.29, 0.717) is 49.0 Å². The fourth-order valence-electron chi connectivity index (χ4n) is 7.67. The number of halogens is 5. The largest absolute Gasteiger partial charge is 0.432 e. The lowest BCUT2D eigenvalue weighted by atomic mass is 9.74. The van der Waals surface area contributed by atoms with E-state index in [-0.39, 0.29) is 48.7 Å². The lowest BCUT2D eigenvalue weighted by molar-refractivity contribution is -0.222. The van der Waals surface area contributed by atoms with Gasteiger partial charge in [0.2, 0.25) is 0 Å². The van der Waals surface area contributed by atoms with E-state index in [4.69, 9.17) is 14.2 Å². The average Bonchev–Trinajstić information content (AvgIpc) is 3.05. The fraction of sp³-hybridized carbons (Fsp3) is 0.676. The van der Waals surface area contributed by atoms with Crippen molar-refractivity contribution in [2.75, 3.05) is 19.9 Å². The number of aryl methyl sites for hydroxylation is 1. The number of unbranched alkanes of at least 4 members (excludes halogenated alkanes) is 2. The maximum Gasteiger partial charge on any atom is 0.400 e. The van der Waals surface area contributed by atoms with E-state index in [2.05, 4.69) is 6.92 Å². The Morgan fingerprint density at radius 2 is 1.53 bits per heavy atom.